The summed E-state index contributed by atoms with van der Waals surface area (Å²) < 4.78 is 10.7. The average molecular weight is 319 g/mol. The van der Waals surface area contributed by atoms with Gasteiger partial charge in [-0.05, 0) is 36.8 Å². The first kappa shape index (κ1) is 15.9. The van der Waals surface area contributed by atoms with Crippen molar-refractivity contribution < 1.29 is 14.3 Å². The lowest BCUT2D eigenvalue weighted by molar-refractivity contribution is 0.187. The molecule has 23 heavy (non-hydrogen) atoms. The molecule has 6 heteroatoms. The number of para-hydroxylation sites is 1. The molecule has 0 unspecified atom stereocenters. The minimum absolute atomic E-state index is 0.0221. The summed E-state index contributed by atoms with van der Waals surface area (Å²) in [6.07, 6.45) is 2.86. The van der Waals surface area contributed by atoms with Gasteiger partial charge in [-0.25, -0.2) is 4.79 Å². The van der Waals surface area contributed by atoms with Crippen LogP contribution in [0.4, 0.5) is 4.79 Å². The highest BCUT2D eigenvalue weighted by molar-refractivity contribution is 5.75. The SMILES string of the molecule is COc1cccc(CCNC(=O)N2C[C@@H]3CC[C@]3(N)C2)c1OC. The smallest absolute Gasteiger partial charge is 0.317 e. The maximum atomic E-state index is 12.3. The number of fused-ring (bicyclic) bond motifs is 1. The summed E-state index contributed by atoms with van der Waals surface area (Å²) in [5.41, 5.74) is 7.16. The lowest BCUT2D eigenvalue weighted by Gasteiger charge is -2.39. The van der Waals surface area contributed by atoms with Crippen LogP contribution in [0, 0.1) is 5.92 Å². The van der Waals surface area contributed by atoms with Gasteiger partial charge in [-0.3, -0.25) is 0 Å². The van der Waals surface area contributed by atoms with Gasteiger partial charge in [0.05, 0.1) is 14.2 Å². The van der Waals surface area contributed by atoms with Gasteiger partial charge in [0.15, 0.2) is 11.5 Å². The van der Waals surface area contributed by atoms with Crippen LogP contribution in [-0.4, -0.2) is 50.3 Å². The maximum Gasteiger partial charge on any atom is 0.317 e. The molecule has 1 saturated heterocycles. The maximum absolute atomic E-state index is 12.3. The highest BCUT2D eigenvalue weighted by atomic mass is 16.5. The Labute approximate surface area is 136 Å². The van der Waals surface area contributed by atoms with Gasteiger partial charge in [0.1, 0.15) is 0 Å². The Kier molecular flexibility index (Phi) is 4.35. The minimum Gasteiger partial charge on any atom is -0.493 e. The summed E-state index contributed by atoms with van der Waals surface area (Å²) in [5, 5.41) is 2.98. The molecule has 1 heterocycles. The van der Waals surface area contributed by atoms with Crippen molar-refractivity contribution in [1.82, 2.24) is 10.2 Å². The van der Waals surface area contributed by atoms with E-state index in [9.17, 15) is 4.79 Å². The van der Waals surface area contributed by atoms with Gasteiger partial charge in [0.25, 0.3) is 0 Å². The average Bonchev–Trinajstić information content (AvgIpc) is 2.78. The fraction of sp³-hybridized carbons (Fsp3) is 0.588. The van der Waals surface area contributed by atoms with Crippen molar-refractivity contribution in [2.45, 2.75) is 24.8 Å². The molecule has 3 rings (SSSR count). The van der Waals surface area contributed by atoms with E-state index in [2.05, 4.69) is 5.32 Å². The third kappa shape index (κ3) is 2.95. The van der Waals surface area contributed by atoms with Crippen LogP contribution < -0.4 is 20.5 Å². The number of methoxy groups -OCH3 is 2. The number of benzene rings is 1. The van der Waals surface area contributed by atoms with Crippen LogP contribution in [0.1, 0.15) is 18.4 Å². The first-order valence-corrected chi connectivity index (χ1v) is 8.09. The molecular formula is C17H25N3O3. The van der Waals surface area contributed by atoms with E-state index in [1.807, 2.05) is 23.1 Å². The Hall–Kier alpha value is -1.95. The van der Waals surface area contributed by atoms with Crippen LogP contribution >= 0.6 is 0 Å². The Morgan fingerprint density at radius 2 is 2.26 bits per heavy atom. The molecule has 1 aromatic rings. The number of urea groups is 1. The monoisotopic (exact) mass is 319 g/mol. The van der Waals surface area contributed by atoms with Gasteiger partial charge in [0.2, 0.25) is 0 Å². The second-order valence-corrected chi connectivity index (χ2v) is 6.48. The van der Waals surface area contributed by atoms with Crippen molar-refractivity contribution in [3.8, 4) is 11.5 Å². The van der Waals surface area contributed by atoms with Gasteiger partial charge in [-0.15, -0.1) is 0 Å². The van der Waals surface area contributed by atoms with Gasteiger partial charge in [-0.1, -0.05) is 12.1 Å². The van der Waals surface area contributed by atoms with E-state index in [-0.39, 0.29) is 11.6 Å². The van der Waals surface area contributed by atoms with Gasteiger partial charge in [0, 0.05) is 25.2 Å². The molecule has 2 aliphatic rings. The number of nitrogens with two attached hydrogens (primary N) is 1. The van der Waals surface area contributed by atoms with Crippen LogP contribution in [0.25, 0.3) is 0 Å². The largest absolute Gasteiger partial charge is 0.493 e. The minimum atomic E-state index is -0.132. The number of ether oxygens (including phenoxy) is 2. The zero-order chi connectivity index (χ0) is 16.4. The molecule has 1 aromatic carbocycles. The number of nitrogens with zero attached hydrogens (tertiary/aromatic N) is 1. The van der Waals surface area contributed by atoms with E-state index in [0.29, 0.717) is 31.2 Å². The predicted octanol–water partition coefficient (Wildman–Crippen LogP) is 1.38. The van der Waals surface area contributed by atoms with Crippen molar-refractivity contribution >= 4 is 6.03 Å². The summed E-state index contributed by atoms with van der Waals surface area (Å²) in [6.45, 7) is 2.01. The Bertz CT molecular complexity index is 592. The van der Waals surface area contributed by atoms with Crippen molar-refractivity contribution in [1.29, 1.82) is 0 Å². The van der Waals surface area contributed by atoms with Crippen LogP contribution in [0.3, 0.4) is 0 Å². The van der Waals surface area contributed by atoms with Crippen molar-refractivity contribution in [3.05, 3.63) is 23.8 Å². The van der Waals surface area contributed by atoms with E-state index in [1.165, 1.54) is 0 Å². The molecule has 6 nitrogen and oxygen atoms in total. The van der Waals surface area contributed by atoms with Gasteiger partial charge in [-0.2, -0.15) is 0 Å². The molecule has 1 aliphatic carbocycles. The number of hydrogen-bond donors (Lipinski definition) is 2. The zero-order valence-electron chi connectivity index (χ0n) is 13.8. The Morgan fingerprint density at radius 3 is 2.83 bits per heavy atom. The molecule has 126 valence electrons. The van der Waals surface area contributed by atoms with Crippen LogP contribution in [0.2, 0.25) is 0 Å². The van der Waals surface area contributed by atoms with Crippen molar-refractivity contribution in [3.63, 3.8) is 0 Å². The fourth-order valence-corrected chi connectivity index (χ4v) is 3.61. The number of rotatable bonds is 5. The molecule has 1 saturated carbocycles. The van der Waals surface area contributed by atoms with E-state index >= 15 is 0 Å². The first-order valence-electron chi connectivity index (χ1n) is 8.09. The van der Waals surface area contributed by atoms with E-state index in [4.69, 9.17) is 15.2 Å². The third-order valence-electron chi connectivity index (χ3n) is 5.14. The van der Waals surface area contributed by atoms with Crippen LogP contribution in [0.15, 0.2) is 18.2 Å². The van der Waals surface area contributed by atoms with Crippen LogP contribution in [-0.2, 0) is 6.42 Å². The standard InChI is InChI=1S/C17H25N3O3/c1-22-14-5-3-4-12(15(14)23-2)7-9-19-16(21)20-10-13-6-8-17(13,18)11-20/h3-5,13H,6-11,18H2,1-2H3,(H,19,21)/t13-,17-/m0/s1. The molecule has 0 aromatic heterocycles. The Balaban J connectivity index is 1.53. The van der Waals surface area contributed by atoms with Gasteiger partial charge >= 0.3 is 6.03 Å². The Morgan fingerprint density at radius 1 is 1.43 bits per heavy atom. The molecule has 0 spiro atoms. The van der Waals surface area contributed by atoms with Crippen molar-refractivity contribution in [2.75, 3.05) is 33.9 Å². The molecule has 2 fully saturated rings. The normalized spacial score (nSPS) is 25.5. The number of amides is 2. The lowest BCUT2D eigenvalue weighted by atomic mass is 9.70. The molecule has 0 bridgehead atoms. The molecule has 3 N–H and O–H groups in total. The number of hydrogen-bond acceptors (Lipinski definition) is 4. The van der Waals surface area contributed by atoms with Crippen LogP contribution in [0.5, 0.6) is 11.5 Å². The van der Waals surface area contributed by atoms with Gasteiger partial charge < -0.3 is 25.4 Å². The van der Waals surface area contributed by atoms with E-state index in [1.54, 1.807) is 14.2 Å². The fourth-order valence-electron chi connectivity index (χ4n) is 3.61. The summed E-state index contributed by atoms with van der Waals surface area (Å²) in [5.74, 6) is 1.91. The summed E-state index contributed by atoms with van der Waals surface area (Å²) in [6, 6.07) is 5.75. The van der Waals surface area contributed by atoms with Crippen molar-refractivity contribution in [2.24, 2.45) is 11.7 Å². The molecule has 2 amide bonds. The third-order valence-corrected chi connectivity index (χ3v) is 5.14. The van der Waals surface area contributed by atoms with E-state index < -0.39 is 0 Å². The molecule has 2 atom stereocenters. The summed E-state index contributed by atoms with van der Waals surface area (Å²) in [4.78, 5) is 14.1. The molecular weight excluding hydrogens is 294 g/mol. The molecule has 0 radical (unpaired) electrons. The first-order chi connectivity index (χ1) is 11.1. The summed E-state index contributed by atoms with van der Waals surface area (Å²) in [7, 11) is 3.24. The zero-order valence-corrected chi connectivity index (χ0v) is 13.8. The topological polar surface area (TPSA) is 76.8 Å². The number of carbonyl (C=O) groups excluding carboxylic acids is 1. The second-order valence-electron chi connectivity index (χ2n) is 6.48. The summed E-state index contributed by atoms with van der Waals surface area (Å²) >= 11 is 0. The number of likely N-dealkylation sites (tertiary alicyclic amines) is 1. The number of nitrogens with one attached hydrogen (secondary N) is 1. The lowest BCUT2D eigenvalue weighted by Crippen LogP contribution is -2.55. The second kappa shape index (κ2) is 6.28. The number of carbonyl (C=O) groups is 1. The quantitative estimate of drug-likeness (QED) is 0.859. The highest BCUT2D eigenvalue weighted by Crippen LogP contribution is 2.42. The van der Waals surface area contributed by atoms with E-state index in [0.717, 1.165) is 30.7 Å². The highest BCUT2D eigenvalue weighted by Gasteiger charge is 2.51. The predicted molar refractivity (Wildman–Crippen MR) is 87.9 cm³/mol. The molecule has 1 aliphatic heterocycles.